The Morgan fingerprint density at radius 3 is 1.09 bits per heavy atom. The Labute approximate surface area is 372 Å². The van der Waals surface area contributed by atoms with Gasteiger partial charge in [0.05, 0.1) is 83.2 Å². The van der Waals surface area contributed by atoms with E-state index in [9.17, 15) is 33.6 Å². The van der Waals surface area contributed by atoms with Gasteiger partial charge in [-0.1, -0.05) is 39.7 Å². The second-order valence-corrected chi connectivity index (χ2v) is 14.6. The molecule has 0 aliphatic heterocycles. The lowest BCUT2D eigenvalue weighted by Gasteiger charge is -2.24. The highest BCUT2D eigenvalue weighted by molar-refractivity contribution is 5.93. The second kappa shape index (κ2) is 46.0. The van der Waals surface area contributed by atoms with E-state index in [2.05, 4.69) is 9.98 Å². The fraction of sp³-hybridized carbons (Fsp3) is 0.683. The van der Waals surface area contributed by atoms with Crippen molar-refractivity contribution >= 4 is 42.0 Å². The van der Waals surface area contributed by atoms with Crippen LogP contribution in [0.4, 0.5) is 0 Å². The van der Waals surface area contributed by atoms with Crippen molar-refractivity contribution in [3.8, 4) is 0 Å². The van der Waals surface area contributed by atoms with E-state index in [0.29, 0.717) is 32.4 Å². The van der Waals surface area contributed by atoms with Gasteiger partial charge in [0, 0.05) is 23.7 Å². The summed E-state index contributed by atoms with van der Waals surface area (Å²) < 4.78 is 0. The van der Waals surface area contributed by atoms with Crippen molar-refractivity contribution in [1.29, 1.82) is 0 Å². The van der Waals surface area contributed by atoms with Crippen LogP contribution >= 0.6 is 0 Å². The van der Waals surface area contributed by atoms with Crippen molar-refractivity contribution < 1.29 is 105 Å². The van der Waals surface area contributed by atoms with Crippen LogP contribution in [-0.2, 0) is 24.0 Å². The average Bonchev–Trinajstić information content (AvgIpc) is 3.28. The molecule has 372 valence electrons. The van der Waals surface area contributed by atoms with Crippen LogP contribution in [0.1, 0.15) is 113 Å². The number of benzene rings is 1. The third-order valence-corrected chi connectivity index (χ3v) is 7.90. The number of rotatable bonds is 24. The number of nitrogens with zero attached hydrogens (tertiary/aromatic N) is 2. The Morgan fingerprint density at radius 2 is 0.938 bits per heavy atom. The highest BCUT2D eigenvalue weighted by atomic mass is 16.4. The summed E-state index contributed by atoms with van der Waals surface area (Å²) in [4.78, 5) is 76.8. The minimum absolute atomic E-state index is 0.0186. The third kappa shape index (κ3) is 48.0. The number of hydrogen-bond donors (Lipinski definition) is 14. The zero-order chi connectivity index (χ0) is 51.2. The number of aliphatic hydroxyl groups is 9. The van der Waals surface area contributed by atoms with Crippen LogP contribution < -0.4 is 0 Å². The topological polar surface area (TPSA) is 427 Å². The molecule has 0 spiro atoms. The molecule has 1 aromatic carbocycles. The number of aliphatic imine (C=N–C) groups is 2. The molecule has 1 unspecified atom stereocenters. The number of carboxylic acids is 5. The van der Waals surface area contributed by atoms with Crippen LogP contribution in [0.2, 0.25) is 0 Å². The van der Waals surface area contributed by atoms with E-state index < -0.39 is 60.0 Å². The maximum atomic E-state index is 10.4. The Kier molecular flexibility index (Phi) is 50.7. The first-order valence-corrected chi connectivity index (χ1v) is 19.7. The van der Waals surface area contributed by atoms with Crippen molar-refractivity contribution in [3.63, 3.8) is 0 Å². The molecule has 0 saturated heterocycles. The number of aliphatic hydroxyl groups excluding tert-OH is 9. The van der Waals surface area contributed by atoms with E-state index >= 15 is 0 Å². The summed E-state index contributed by atoms with van der Waals surface area (Å²) in [7, 11) is 0. The number of carbonyl (C=O) groups excluding carboxylic acids is 2. The smallest absolute Gasteiger partial charge is 0.335 e. The first-order chi connectivity index (χ1) is 29.8. The Hall–Kier alpha value is -5.03. The zero-order valence-electron chi connectivity index (χ0n) is 37.3. The highest BCUT2D eigenvalue weighted by Gasteiger charge is 2.31. The monoisotopic (exact) mass is 928 g/mol. The van der Waals surface area contributed by atoms with Gasteiger partial charge in [-0.3, -0.25) is 14.4 Å². The largest absolute Gasteiger partial charge is 0.481 e. The van der Waals surface area contributed by atoms with Gasteiger partial charge >= 0.3 is 29.8 Å². The normalized spacial score (nSPS) is 10.5. The lowest BCUT2D eigenvalue weighted by molar-refractivity contribution is -0.153. The van der Waals surface area contributed by atoms with Crippen molar-refractivity contribution in [3.05, 3.63) is 35.4 Å². The van der Waals surface area contributed by atoms with Gasteiger partial charge in [0.2, 0.25) is 12.2 Å². The summed E-state index contributed by atoms with van der Waals surface area (Å²) in [5, 5.41) is 117. The molecule has 0 saturated carbocycles. The van der Waals surface area contributed by atoms with Crippen LogP contribution in [0.15, 0.2) is 34.3 Å². The van der Waals surface area contributed by atoms with E-state index in [-0.39, 0.29) is 69.0 Å². The molecule has 0 heterocycles. The molecule has 64 heavy (non-hydrogen) atoms. The average molecular weight is 929 g/mol. The van der Waals surface area contributed by atoms with E-state index in [4.69, 9.17) is 71.5 Å². The molecule has 0 aliphatic rings. The van der Waals surface area contributed by atoms with Gasteiger partial charge in [0.25, 0.3) is 0 Å². The lowest BCUT2D eigenvalue weighted by atomic mass is 9.88. The van der Waals surface area contributed by atoms with Crippen molar-refractivity contribution in [2.24, 2.45) is 26.2 Å². The maximum absolute atomic E-state index is 10.4. The molecule has 0 amide bonds. The molecule has 0 fully saturated rings. The zero-order valence-corrected chi connectivity index (χ0v) is 37.3. The highest BCUT2D eigenvalue weighted by Crippen LogP contribution is 2.18. The summed E-state index contributed by atoms with van der Waals surface area (Å²) in [6.07, 6.45) is 7.85. The van der Waals surface area contributed by atoms with Crippen molar-refractivity contribution in [1.82, 2.24) is 0 Å². The van der Waals surface area contributed by atoms with Crippen LogP contribution in [0.5, 0.6) is 0 Å². The van der Waals surface area contributed by atoms with Crippen LogP contribution in [0, 0.1) is 16.2 Å². The first-order valence-electron chi connectivity index (χ1n) is 19.7. The molecule has 23 heteroatoms. The van der Waals surface area contributed by atoms with Crippen molar-refractivity contribution in [2.45, 2.75) is 98.5 Å². The second-order valence-electron chi connectivity index (χ2n) is 14.6. The van der Waals surface area contributed by atoms with E-state index in [1.54, 1.807) is 13.8 Å². The molecule has 1 rings (SSSR count). The number of hydrogen-bond acceptors (Lipinski definition) is 18. The Bertz CT molecular complexity index is 1360. The molecule has 1 atom stereocenters. The fourth-order valence-electron chi connectivity index (χ4n) is 2.88. The van der Waals surface area contributed by atoms with Crippen LogP contribution in [0.3, 0.4) is 0 Å². The predicted molar refractivity (Wildman–Crippen MR) is 229 cm³/mol. The summed E-state index contributed by atoms with van der Waals surface area (Å²) in [5.41, 5.74) is -2.40. The van der Waals surface area contributed by atoms with Gasteiger partial charge in [-0.2, -0.15) is 0 Å². The van der Waals surface area contributed by atoms with E-state index in [1.807, 2.05) is 6.92 Å². The Morgan fingerprint density at radius 1 is 0.594 bits per heavy atom. The predicted octanol–water partition coefficient (Wildman–Crippen LogP) is 0.796. The summed E-state index contributed by atoms with van der Waals surface area (Å²) in [6, 6.07) is 5.20. The van der Waals surface area contributed by atoms with E-state index in [1.165, 1.54) is 44.2 Å². The molecular formula is C41H72N2O21. The number of aromatic carboxylic acids is 2. The number of carbonyl (C=O) groups is 5. The molecule has 0 bridgehead atoms. The van der Waals surface area contributed by atoms with Crippen molar-refractivity contribution in [2.75, 3.05) is 65.9 Å². The third-order valence-electron chi connectivity index (χ3n) is 7.90. The summed E-state index contributed by atoms with van der Waals surface area (Å²) in [5.74, 6) is -5.18. The van der Waals surface area contributed by atoms with Gasteiger partial charge in [0.15, 0.2) is 0 Å². The van der Waals surface area contributed by atoms with Gasteiger partial charge in [-0.05, 0) is 64.2 Å². The molecule has 0 radical (unpaired) electrons. The standard InChI is InChI=1S/C8H12N2O2.C8H6O4.C6H10O4.C6H14O3.C5H10O4.C5H12O2.C3H8O2/c11-7-9-5-3-1-2-4-6-10-8-12;9-7(10)5-2-1-3-6(4-5)8(11)12;7-5(8)3-1-2-4-6(9)10;1-2-6(3-7,4-8)5-9;1-5(2-6,3-7)4(8)9;1-5(2,3-6)4-7;1-3(5)2-4/h1-6H2;1-4H,(H,9,10)(H,11,12);1-4H2,(H,7,8)(H,9,10);7-9H,2-5H2,1H3;6-7H,2-3H2,1H3,(H,8,9);6-7H,3-4H2,1-2H3;3-5H,2H2,1H3. The number of aliphatic carboxylic acids is 3. The minimum Gasteiger partial charge on any atom is -0.481 e. The van der Waals surface area contributed by atoms with Gasteiger partial charge in [0.1, 0.15) is 5.41 Å². The fourth-order valence-corrected chi connectivity index (χ4v) is 2.88. The van der Waals surface area contributed by atoms with Crippen LogP contribution in [0.25, 0.3) is 0 Å². The number of unbranched alkanes of at least 4 members (excludes halogenated alkanes) is 4. The SMILES string of the molecule is CC(C)(CO)CO.CC(CO)(CO)C(=O)O.CC(O)CO.CCC(CO)(CO)CO.O=C(O)CCCCC(=O)O.O=C(O)c1cccc(C(=O)O)c1.O=C=NCCCCCCN=C=O. The minimum atomic E-state index is -1.39. The first kappa shape index (κ1) is 70.6. The van der Waals surface area contributed by atoms with Gasteiger partial charge < -0.3 is 71.5 Å². The Balaban J connectivity index is -0.000000156. The number of isocyanates is 2. The molecule has 1 aromatic rings. The molecule has 0 aliphatic carbocycles. The molecule has 0 aromatic heterocycles. The summed E-state index contributed by atoms with van der Waals surface area (Å²) >= 11 is 0. The lowest BCUT2D eigenvalue weighted by Crippen LogP contribution is -2.35. The van der Waals surface area contributed by atoms with Gasteiger partial charge in [-0.25, -0.2) is 29.2 Å². The molecule has 14 N–H and O–H groups in total. The number of carboxylic acid groups (broad SMARTS) is 5. The molecule has 23 nitrogen and oxygen atoms in total. The molecular weight excluding hydrogens is 856 g/mol. The quantitative estimate of drug-likeness (QED) is 0.0387. The van der Waals surface area contributed by atoms with Gasteiger partial charge in [-0.15, -0.1) is 0 Å². The van der Waals surface area contributed by atoms with E-state index in [0.717, 1.165) is 31.7 Å². The van der Waals surface area contributed by atoms with Crippen LogP contribution in [-0.4, -0.2) is 186 Å². The summed E-state index contributed by atoms with van der Waals surface area (Å²) in [6.45, 7) is 7.73. The maximum Gasteiger partial charge on any atom is 0.335 e.